The van der Waals surface area contributed by atoms with Crippen LogP contribution < -0.4 is 10.2 Å². The van der Waals surface area contributed by atoms with Crippen molar-refractivity contribution in [3.8, 4) is 0 Å². The number of amides is 3. The Bertz CT molecular complexity index is 1620. The highest BCUT2D eigenvalue weighted by Gasteiger charge is 2.39. The van der Waals surface area contributed by atoms with Crippen LogP contribution >= 0.6 is 0 Å². The molecule has 43 heavy (non-hydrogen) atoms. The SMILES string of the molecule is Cc1cc(C)n(CCN2C(=O)c3cccc(N4CCC(C(=O)NC(Cc5ccccc5)c5ccccc5)CC4)c3C2=O)n1. The average Bonchev–Trinajstić information content (AvgIpc) is 3.49. The molecule has 8 nitrogen and oxygen atoms in total. The molecular weight excluding hydrogens is 538 g/mol. The van der Waals surface area contributed by atoms with Gasteiger partial charge in [0.1, 0.15) is 0 Å². The molecule has 1 saturated heterocycles. The third-order valence-corrected chi connectivity index (χ3v) is 8.62. The smallest absolute Gasteiger partial charge is 0.263 e. The predicted molar refractivity (Wildman–Crippen MR) is 166 cm³/mol. The number of carbonyl (C=O) groups is 3. The van der Waals surface area contributed by atoms with Gasteiger partial charge >= 0.3 is 0 Å². The second kappa shape index (κ2) is 12.3. The lowest BCUT2D eigenvalue weighted by Crippen LogP contribution is -2.42. The zero-order valence-electron chi connectivity index (χ0n) is 24.7. The molecule has 1 aromatic heterocycles. The number of aryl methyl sites for hydroxylation is 2. The molecule has 0 aliphatic carbocycles. The second-order valence-electron chi connectivity index (χ2n) is 11.5. The van der Waals surface area contributed by atoms with Crippen LogP contribution in [0.1, 0.15) is 62.1 Å². The number of nitrogens with one attached hydrogen (secondary N) is 1. The van der Waals surface area contributed by atoms with E-state index in [2.05, 4.69) is 39.6 Å². The lowest BCUT2D eigenvalue weighted by atomic mass is 9.93. The van der Waals surface area contributed by atoms with Gasteiger partial charge in [-0.15, -0.1) is 0 Å². The molecule has 6 rings (SSSR count). The summed E-state index contributed by atoms with van der Waals surface area (Å²) in [5, 5.41) is 7.79. The van der Waals surface area contributed by atoms with E-state index in [0.29, 0.717) is 43.6 Å². The van der Waals surface area contributed by atoms with E-state index in [1.54, 1.807) is 6.07 Å². The summed E-state index contributed by atoms with van der Waals surface area (Å²) in [6.45, 7) is 5.89. The number of aromatic nitrogens is 2. The van der Waals surface area contributed by atoms with Gasteiger partial charge in [0.25, 0.3) is 11.8 Å². The quantitative estimate of drug-likeness (QED) is 0.280. The summed E-state index contributed by atoms with van der Waals surface area (Å²) in [5.41, 5.74) is 5.85. The van der Waals surface area contributed by atoms with Crippen molar-refractivity contribution in [3.63, 3.8) is 0 Å². The standard InChI is InChI=1S/C35H37N5O3/c1-24-22-25(2)40(37-24)21-20-39-34(42)29-14-9-15-31(32(29)35(39)43)38-18-16-28(17-19-38)33(41)36-30(27-12-7-4-8-13-27)23-26-10-5-3-6-11-26/h3-15,22,28,30H,16-21,23H2,1-2H3,(H,36,41). The molecule has 0 spiro atoms. The first-order valence-electron chi connectivity index (χ1n) is 15.0. The fourth-order valence-corrected chi connectivity index (χ4v) is 6.34. The summed E-state index contributed by atoms with van der Waals surface area (Å²) in [4.78, 5) is 43.8. The molecule has 8 heteroatoms. The van der Waals surface area contributed by atoms with E-state index in [9.17, 15) is 14.4 Å². The number of rotatable bonds is 9. The molecule has 0 saturated carbocycles. The van der Waals surface area contributed by atoms with Crippen LogP contribution in [0.5, 0.6) is 0 Å². The number of anilines is 1. The second-order valence-corrected chi connectivity index (χ2v) is 11.5. The molecule has 0 bridgehead atoms. The van der Waals surface area contributed by atoms with Crippen LogP contribution in [0.3, 0.4) is 0 Å². The number of piperidine rings is 1. The summed E-state index contributed by atoms with van der Waals surface area (Å²) in [7, 11) is 0. The zero-order valence-corrected chi connectivity index (χ0v) is 24.7. The number of hydrogen-bond donors (Lipinski definition) is 1. The Morgan fingerprint density at radius 3 is 2.26 bits per heavy atom. The fourth-order valence-electron chi connectivity index (χ4n) is 6.34. The van der Waals surface area contributed by atoms with Crippen molar-refractivity contribution in [1.29, 1.82) is 0 Å². The predicted octanol–water partition coefficient (Wildman–Crippen LogP) is 5.11. The van der Waals surface area contributed by atoms with Gasteiger partial charge in [0.2, 0.25) is 5.91 Å². The third-order valence-electron chi connectivity index (χ3n) is 8.62. The van der Waals surface area contributed by atoms with Gasteiger partial charge in [0, 0.05) is 31.2 Å². The molecule has 1 N–H and O–H groups in total. The fraction of sp³-hybridized carbons (Fsp3) is 0.314. The van der Waals surface area contributed by atoms with Crippen LogP contribution in [0, 0.1) is 19.8 Å². The number of imide groups is 1. The van der Waals surface area contributed by atoms with Crippen molar-refractivity contribution in [2.45, 2.75) is 45.7 Å². The average molecular weight is 576 g/mol. The zero-order chi connectivity index (χ0) is 29.9. The molecule has 1 fully saturated rings. The molecule has 1 atom stereocenters. The van der Waals surface area contributed by atoms with Crippen molar-refractivity contribution in [1.82, 2.24) is 20.0 Å². The van der Waals surface area contributed by atoms with Gasteiger partial charge in [0.05, 0.1) is 35.1 Å². The number of carbonyl (C=O) groups excluding carboxylic acids is 3. The molecule has 2 aliphatic rings. The molecule has 2 aliphatic heterocycles. The van der Waals surface area contributed by atoms with Crippen LogP contribution in [0.15, 0.2) is 84.9 Å². The van der Waals surface area contributed by atoms with Gasteiger partial charge in [-0.2, -0.15) is 5.10 Å². The monoisotopic (exact) mass is 575 g/mol. The van der Waals surface area contributed by atoms with Gasteiger partial charge < -0.3 is 10.2 Å². The molecule has 3 amide bonds. The van der Waals surface area contributed by atoms with Crippen molar-refractivity contribution in [3.05, 3.63) is 119 Å². The van der Waals surface area contributed by atoms with Gasteiger partial charge in [0.15, 0.2) is 0 Å². The Morgan fingerprint density at radius 2 is 1.58 bits per heavy atom. The van der Waals surface area contributed by atoms with Crippen LogP contribution in [0.4, 0.5) is 5.69 Å². The van der Waals surface area contributed by atoms with Crippen LogP contribution in [0.25, 0.3) is 0 Å². The molecule has 1 unspecified atom stereocenters. The van der Waals surface area contributed by atoms with E-state index in [0.717, 1.165) is 29.1 Å². The number of hydrogen-bond acceptors (Lipinski definition) is 5. The minimum Gasteiger partial charge on any atom is -0.371 e. The highest BCUT2D eigenvalue weighted by molar-refractivity contribution is 6.23. The van der Waals surface area contributed by atoms with E-state index in [4.69, 9.17) is 0 Å². The van der Waals surface area contributed by atoms with Crippen LogP contribution in [-0.4, -0.2) is 52.0 Å². The molecule has 220 valence electrons. The lowest BCUT2D eigenvalue weighted by Gasteiger charge is -2.34. The Labute approximate surface area is 252 Å². The third kappa shape index (κ3) is 5.95. The molecule has 0 radical (unpaired) electrons. The Morgan fingerprint density at radius 1 is 0.884 bits per heavy atom. The van der Waals surface area contributed by atoms with E-state index in [-0.39, 0.29) is 36.2 Å². The highest BCUT2D eigenvalue weighted by Crippen LogP contribution is 2.34. The van der Waals surface area contributed by atoms with E-state index in [1.807, 2.05) is 73.1 Å². The maximum atomic E-state index is 13.5. The minimum atomic E-state index is -0.261. The highest BCUT2D eigenvalue weighted by atomic mass is 16.2. The van der Waals surface area contributed by atoms with Gasteiger partial charge in [-0.05, 0) is 62.4 Å². The largest absolute Gasteiger partial charge is 0.371 e. The minimum absolute atomic E-state index is 0.0595. The number of nitrogens with zero attached hydrogens (tertiary/aromatic N) is 4. The maximum absolute atomic E-state index is 13.5. The van der Waals surface area contributed by atoms with Gasteiger partial charge in [-0.1, -0.05) is 66.7 Å². The lowest BCUT2D eigenvalue weighted by molar-refractivity contribution is -0.126. The van der Waals surface area contributed by atoms with Crippen molar-refractivity contribution in [2.75, 3.05) is 24.5 Å². The molecule has 3 heterocycles. The summed E-state index contributed by atoms with van der Waals surface area (Å²) >= 11 is 0. The first-order valence-corrected chi connectivity index (χ1v) is 15.0. The number of fused-ring (bicyclic) bond motifs is 1. The van der Waals surface area contributed by atoms with E-state index < -0.39 is 0 Å². The first kappa shape index (κ1) is 28.4. The summed E-state index contributed by atoms with van der Waals surface area (Å²) < 4.78 is 1.83. The van der Waals surface area contributed by atoms with Crippen molar-refractivity contribution in [2.24, 2.45) is 5.92 Å². The molecular formula is C35H37N5O3. The molecule has 4 aromatic rings. The van der Waals surface area contributed by atoms with Crippen LogP contribution in [0.2, 0.25) is 0 Å². The van der Waals surface area contributed by atoms with Gasteiger partial charge in [-0.25, -0.2) is 0 Å². The Kier molecular flexibility index (Phi) is 8.09. The number of benzene rings is 3. The van der Waals surface area contributed by atoms with Gasteiger partial charge in [-0.3, -0.25) is 24.0 Å². The Hall–Kier alpha value is -4.72. The van der Waals surface area contributed by atoms with Crippen LogP contribution in [-0.2, 0) is 17.8 Å². The summed E-state index contributed by atoms with van der Waals surface area (Å²) in [6.07, 6.45) is 2.07. The van der Waals surface area contributed by atoms with Crippen molar-refractivity contribution >= 4 is 23.4 Å². The maximum Gasteiger partial charge on any atom is 0.263 e. The first-order chi connectivity index (χ1) is 20.9. The Balaban J connectivity index is 1.11. The van der Waals surface area contributed by atoms with E-state index >= 15 is 0 Å². The summed E-state index contributed by atoms with van der Waals surface area (Å²) in [5.74, 6) is -0.583. The topological polar surface area (TPSA) is 87.5 Å². The summed E-state index contributed by atoms with van der Waals surface area (Å²) in [6, 6.07) is 27.7. The van der Waals surface area contributed by atoms with Crippen molar-refractivity contribution < 1.29 is 14.4 Å². The normalized spacial score (nSPS) is 16.0. The van der Waals surface area contributed by atoms with E-state index in [1.165, 1.54) is 10.5 Å². The molecule has 3 aromatic carbocycles.